The van der Waals surface area contributed by atoms with Crippen LogP contribution in [0.2, 0.25) is 0 Å². The number of ether oxygens (including phenoxy) is 1. The zero-order chi connectivity index (χ0) is 14.9. The van der Waals surface area contributed by atoms with Gasteiger partial charge >= 0.3 is 0 Å². The van der Waals surface area contributed by atoms with E-state index in [9.17, 15) is 0 Å². The summed E-state index contributed by atoms with van der Waals surface area (Å²) in [5.74, 6) is 1.00. The molecule has 0 N–H and O–H groups in total. The van der Waals surface area contributed by atoms with Gasteiger partial charge in [-0.05, 0) is 55.7 Å². The summed E-state index contributed by atoms with van der Waals surface area (Å²) in [6.45, 7) is 12.6. The molecule has 0 saturated carbocycles. The van der Waals surface area contributed by atoms with Gasteiger partial charge in [-0.2, -0.15) is 0 Å². The highest BCUT2D eigenvalue weighted by Gasteiger charge is 2.31. The van der Waals surface area contributed by atoms with Crippen LogP contribution in [0.5, 0.6) is 5.75 Å². The van der Waals surface area contributed by atoms with E-state index in [0.29, 0.717) is 0 Å². The average Bonchev–Trinajstić information content (AvgIpc) is 2.46. The maximum absolute atomic E-state index is 6.15. The van der Waals surface area contributed by atoms with Gasteiger partial charge < -0.3 is 4.74 Å². The van der Waals surface area contributed by atoms with Crippen LogP contribution in [0.3, 0.4) is 0 Å². The third kappa shape index (κ3) is 2.22. The highest BCUT2D eigenvalue weighted by molar-refractivity contribution is 5.97. The first-order valence-corrected chi connectivity index (χ1v) is 7.40. The Kier molecular flexibility index (Phi) is 3.89. The highest BCUT2D eigenvalue weighted by Crippen LogP contribution is 2.43. The SMILES string of the molecule is CC.CC1=C(C)C(C)(C)Oc2ccc3ccccc3c21. The van der Waals surface area contributed by atoms with E-state index in [-0.39, 0.29) is 5.60 Å². The second kappa shape index (κ2) is 5.32. The monoisotopic (exact) mass is 268 g/mol. The molecule has 1 aliphatic rings. The van der Waals surface area contributed by atoms with Gasteiger partial charge in [0.25, 0.3) is 0 Å². The van der Waals surface area contributed by atoms with Gasteiger partial charge in [-0.1, -0.05) is 44.2 Å². The summed E-state index contributed by atoms with van der Waals surface area (Å²) in [5, 5.41) is 2.55. The van der Waals surface area contributed by atoms with Crippen molar-refractivity contribution in [2.75, 3.05) is 0 Å². The first-order chi connectivity index (χ1) is 9.50. The molecule has 106 valence electrons. The van der Waals surface area contributed by atoms with Crippen LogP contribution in [0.1, 0.15) is 47.1 Å². The van der Waals surface area contributed by atoms with E-state index in [2.05, 4.69) is 64.1 Å². The molecule has 0 bridgehead atoms. The Morgan fingerprint density at radius 1 is 0.900 bits per heavy atom. The lowest BCUT2D eigenvalue weighted by Gasteiger charge is -2.35. The second-order valence-electron chi connectivity index (χ2n) is 5.52. The molecular weight excluding hydrogens is 244 g/mol. The molecule has 0 amide bonds. The summed E-state index contributed by atoms with van der Waals surface area (Å²) in [7, 11) is 0. The first kappa shape index (κ1) is 14.6. The Hall–Kier alpha value is -1.76. The van der Waals surface area contributed by atoms with Crippen LogP contribution in [0.15, 0.2) is 42.0 Å². The Morgan fingerprint density at radius 2 is 1.55 bits per heavy atom. The molecule has 0 aromatic heterocycles. The smallest absolute Gasteiger partial charge is 0.128 e. The molecule has 1 heteroatoms. The maximum atomic E-state index is 6.15. The van der Waals surface area contributed by atoms with Crippen molar-refractivity contribution in [3.05, 3.63) is 47.5 Å². The van der Waals surface area contributed by atoms with Gasteiger partial charge in [-0.25, -0.2) is 0 Å². The summed E-state index contributed by atoms with van der Waals surface area (Å²) in [6.07, 6.45) is 0. The second-order valence-corrected chi connectivity index (χ2v) is 5.52. The van der Waals surface area contributed by atoms with Crippen molar-refractivity contribution in [3.8, 4) is 5.75 Å². The van der Waals surface area contributed by atoms with Crippen molar-refractivity contribution >= 4 is 16.3 Å². The standard InChI is InChI=1S/C17H18O.C2H6/c1-11-12(2)17(3,4)18-15-10-9-13-7-5-6-8-14(13)16(11)15;1-2/h5-10H,1-4H3;1-2H3. The molecule has 3 rings (SSSR count). The van der Waals surface area contributed by atoms with Crippen LogP contribution < -0.4 is 4.74 Å². The predicted octanol–water partition coefficient (Wildman–Crippen LogP) is 5.83. The molecule has 0 saturated heterocycles. The molecule has 1 heterocycles. The first-order valence-electron chi connectivity index (χ1n) is 7.40. The van der Waals surface area contributed by atoms with Crippen LogP contribution in [-0.4, -0.2) is 5.60 Å². The summed E-state index contributed by atoms with van der Waals surface area (Å²) >= 11 is 0. The number of fused-ring (bicyclic) bond motifs is 3. The number of hydrogen-bond acceptors (Lipinski definition) is 1. The van der Waals surface area contributed by atoms with E-state index in [1.54, 1.807) is 0 Å². The molecule has 1 nitrogen and oxygen atoms in total. The van der Waals surface area contributed by atoms with Crippen molar-refractivity contribution in [3.63, 3.8) is 0 Å². The maximum Gasteiger partial charge on any atom is 0.128 e. The molecule has 2 aromatic carbocycles. The van der Waals surface area contributed by atoms with Crippen LogP contribution in [0, 0.1) is 0 Å². The Bertz CT molecular complexity index is 663. The van der Waals surface area contributed by atoms with E-state index in [1.165, 1.54) is 27.5 Å². The average molecular weight is 268 g/mol. The lowest BCUT2D eigenvalue weighted by atomic mass is 9.86. The third-order valence-electron chi connectivity index (χ3n) is 4.10. The summed E-state index contributed by atoms with van der Waals surface area (Å²) in [4.78, 5) is 0. The largest absolute Gasteiger partial charge is 0.483 e. The molecular formula is C19H24O. The van der Waals surface area contributed by atoms with E-state index < -0.39 is 0 Å². The van der Waals surface area contributed by atoms with Gasteiger partial charge in [-0.15, -0.1) is 0 Å². The fourth-order valence-electron chi connectivity index (χ4n) is 2.71. The van der Waals surface area contributed by atoms with E-state index in [1.807, 2.05) is 13.8 Å². The quantitative estimate of drug-likeness (QED) is 0.584. The van der Waals surface area contributed by atoms with E-state index in [4.69, 9.17) is 4.74 Å². The lowest BCUT2D eigenvalue weighted by molar-refractivity contribution is 0.145. The fourth-order valence-corrected chi connectivity index (χ4v) is 2.71. The normalized spacial score (nSPS) is 16.1. The number of rotatable bonds is 0. The molecule has 1 aliphatic heterocycles. The number of benzene rings is 2. The zero-order valence-electron chi connectivity index (χ0n) is 13.4. The van der Waals surface area contributed by atoms with Crippen LogP contribution in [-0.2, 0) is 0 Å². The molecule has 0 atom stereocenters. The fraction of sp³-hybridized carbons (Fsp3) is 0.368. The molecule has 0 unspecified atom stereocenters. The van der Waals surface area contributed by atoms with Crippen molar-refractivity contribution in [2.45, 2.75) is 47.1 Å². The topological polar surface area (TPSA) is 9.23 Å². The van der Waals surface area contributed by atoms with Crippen molar-refractivity contribution in [1.82, 2.24) is 0 Å². The van der Waals surface area contributed by atoms with Crippen LogP contribution in [0.25, 0.3) is 16.3 Å². The summed E-state index contributed by atoms with van der Waals surface area (Å²) in [5.41, 5.74) is 3.70. The summed E-state index contributed by atoms with van der Waals surface area (Å²) < 4.78 is 6.15. The molecule has 0 spiro atoms. The minimum Gasteiger partial charge on any atom is -0.483 e. The summed E-state index contributed by atoms with van der Waals surface area (Å²) in [6, 6.07) is 12.7. The predicted molar refractivity (Wildman–Crippen MR) is 88.3 cm³/mol. The van der Waals surface area contributed by atoms with Gasteiger partial charge in [0.05, 0.1) is 0 Å². The van der Waals surface area contributed by atoms with Crippen molar-refractivity contribution < 1.29 is 4.74 Å². The zero-order valence-corrected chi connectivity index (χ0v) is 13.4. The van der Waals surface area contributed by atoms with Crippen LogP contribution in [0.4, 0.5) is 0 Å². The molecule has 0 fully saturated rings. The minimum absolute atomic E-state index is 0.209. The highest BCUT2D eigenvalue weighted by atomic mass is 16.5. The van der Waals surface area contributed by atoms with Gasteiger partial charge in [-0.3, -0.25) is 0 Å². The van der Waals surface area contributed by atoms with E-state index in [0.717, 1.165) is 5.75 Å². The Balaban J connectivity index is 0.000000704. The van der Waals surface area contributed by atoms with Crippen molar-refractivity contribution in [2.24, 2.45) is 0 Å². The van der Waals surface area contributed by atoms with Gasteiger partial charge in [0.2, 0.25) is 0 Å². The Morgan fingerprint density at radius 3 is 2.25 bits per heavy atom. The van der Waals surface area contributed by atoms with E-state index >= 15 is 0 Å². The Labute approximate surface area is 122 Å². The van der Waals surface area contributed by atoms with Crippen LogP contribution >= 0.6 is 0 Å². The van der Waals surface area contributed by atoms with Gasteiger partial charge in [0.1, 0.15) is 11.4 Å². The third-order valence-corrected chi connectivity index (χ3v) is 4.10. The van der Waals surface area contributed by atoms with Crippen molar-refractivity contribution in [1.29, 1.82) is 0 Å². The van der Waals surface area contributed by atoms with Gasteiger partial charge in [0.15, 0.2) is 0 Å². The minimum atomic E-state index is -0.209. The number of allylic oxidation sites excluding steroid dienone is 1. The molecule has 20 heavy (non-hydrogen) atoms. The molecule has 0 aliphatic carbocycles. The van der Waals surface area contributed by atoms with Gasteiger partial charge in [0, 0.05) is 5.56 Å². The lowest BCUT2D eigenvalue weighted by Crippen LogP contribution is -2.33. The molecule has 2 aromatic rings. The molecule has 0 radical (unpaired) electrons. The number of hydrogen-bond donors (Lipinski definition) is 0.